The Balaban J connectivity index is 2.29. The third-order valence-electron chi connectivity index (χ3n) is 3.61. The predicted molar refractivity (Wildman–Crippen MR) is 70.8 cm³/mol. The molecule has 0 bridgehead atoms. The summed E-state index contributed by atoms with van der Waals surface area (Å²) in [5.41, 5.74) is 2.19. The first-order chi connectivity index (χ1) is 9.02. The van der Waals surface area contributed by atoms with Gasteiger partial charge in [-0.05, 0) is 38.3 Å². The third kappa shape index (κ3) is 2.68. The SMILES string of the molecule is Cc1cc(C)c(C#N)c(NC2CCCC2C(=O)O)n1. The van der Waals surface area contributed by atoms with Gasteiger partial charge < -0.3 is 10.4 Å². The van der Waals surface area contributed by atoms with Crippen LogP contribution in [-0.2, 0) is 4.79 Å². The van der Waals surface area contributed by atoms with E-state index in [0.717, 1.165) is 24.1 Å². The van der Waals surface area contributed by atoms with Crippen LogP contribution in [-0.4, -0.2) is 22.1 Å². The summed E-state index contributed by atoms with van der Waals surface area (Å²) in [6.45, 7) is 3.73. The average molecular weight is 259 g/mol. The van der Waals surface area contributed by atoms with Crippen molar-refractivity contribution in [2.45, 2.75) is 39.2 Å². The number of anilines is 1. The number of aliphatic carboxylic acids is 1. The van der Waals surface area contributed by atoms with Gasteiger partial charge in [0.15, 0.2) is 0 Å². The Kier molecular flexibility index (Phi) is 3.70. The van der Waals surface area contributed by atoms with E-state index in [2.05, 4.69) is 16.4 Å². The molecule has 1 aliphatic carbocycles. The minimum absolute atomic E-state index is 0.140. The molecule has 5 heteroatoms. The zero-order chi connectivity index (χ0) is 14.0. The summed E-state index contributed by atoms with van der Waals surface area (Å²) < 4.78 is 0. The molecular formula is C14H17N3O2. The number of carboxylic acids is 1. The van der Waals surface area contributed by atoms with Crippen LogP contribution in [0.5, 0.6) is 0 Å². The molecule has 2 atom stereocenters. The molecule has 19 heavy (non-hydrogen) atoms. The zero-order valence-electron chi connectivity index (χ0n) is 11.1. The van der Waals surface area contributed by atoms with Crippen LogP contribution in [0.4, 0.5) is 5.82 Å². The Morgan fingerprint density at radius 3 is 2.89 bits per heavy atom. The number of aromatic nitrogens is 1. The Morgan fingerprint density at radius 2 is 2.26 bits per heavy atom. The molecule has 1 aromatic heterocycles. The second-order valence-corrected chi connectivity index (χ2v) is 5.04. The summed E-state index contributed by atoms with van der Waals surface area (Å²) in [4.78, 5) is 15.5. The minimum Gasteiger partial charge on any atom is -0.481 e. The molecule has 0 spiro atoms. The number of aryl methyl sites for hydroxylation is 2. The molecule has 2 rings (SSSR count). The van der Waals surface area contributed by atoms with E-state index < -0.39 is 11.9 Å². The fourth-order valence-corrected chi connectivity index (χ4v) is 2.69. The molecule has 2 N–H and O–H groups in total. The largest absolute Gasteiger partial charge is 0.481 e. The maximum absolute atomic E-state index is 11.2. The van der Waals surface area contributed by atoms with Crippen molar-refractivity contribution in [3.8, 4) is 6.07 Å². The van der Waals surface area contributed by atoms with Crippen molar-refractivity contribution in [2.24, 2.45) is 5.92 Å². The molecule has 0 saturated heterocycles. The van der Waals surface area contributed by atoms with Crippen LogP contribution in [0.2, 0.25) is 0 Å². The number of nitriles is 1. The lowest BCUT2D eigenvalue weighted by Crippen LogP contribution is -2.30. The van der Waals surface area contributed by atoms with Crippen LogP contribution in [0, 0.1) is 31.1 Å². The van der Waals surface area contributed by atoms with Crippen LogP contribution in [0.3, 0.4) is 0 Å². The summed E-state index contributed by atoms with van der Waals surface area (Å²) in [6, 6.07) is 3.85. The fraction of sp³-hybridized carbons (Fsp3) is 0.500. The maximum Gasteiger partial charge on any atom is 0.308 e. The van der Waals surface area contributed by atoms with Gasteiger partial charge in [-0.3, -0.25) is 4.79 Å². The van der Waals surface area contributed by atoms with Crippen molar-refractivity contribution in [3.05, 3.63) is 22.9 Å². The number of hydrogen-bond acceptors (Lipinski definition) is 4. The Hall–Kier alpha value is -2.09. The normalized spacial score (nSPS) is 21.9. The molecule has 1 aliphatic rings. The van der Waals surface area contributed by atoms with Crippen LogP contribution in [0.1, 0.15) is 36.1 Å². The van der Waals surface area contributed by atoms with Crippen LogP contribution >= 0.6 is 0 Å². The number of pyridine rings is 1. The van der Waals surface area contributed by atoms with Crippen molar-refractivity contribution in [3.63, 3.8) is 0 Å². The summed E-state index contributed by atoms with van der Waals surface area (Å²) in [5, 5.41) is 21.5. The lowest BCUT2D eigenvalue weighted by atomic mass is 10.0. The van der Waals surface area contributed by atoms with Gasteiger partial charge in [0, 0.05) is 11.7 Å². The number of carboxylic acid groups (broad SMARTS) is 1. The molecule has 0 amide bonds. The minimum atomic E-state index is -0.780. The first-order valence-electron chi connectivity index (χ1n) is 6.40. The zero-order valence-corrected chi connectivity index (χ0v) is 11.1. The van der Waals surface area contributed by atoms with Gasteiger partial charge in [0.1, 0.15) is 11.9 Å². The Morgan fingerprint density at radius 1 is 1.53 bits per heavy atom. The number of hydrogen-bond donors (Lipinski definition) is 2. The lowest BCUT2D eigenvalue weighted by Gasteiger charge is -2.19. The smallest absolute Gasteiger partial charge is 0.308 e. The number of nitrogens with one attached hydrogen (secondary N) is 1. The van der Waals surface area contributed by atoms with Gasteiger partial charge in [-0.15, -0.1) is 0 Å². The van der Waals surface area contributed by atoms with E-state index in [4.69, 9.17) is 0 Å². The second-order valence-electron chi connectivity index (χ2n) is 5.04. The van der Waals surface area contributed by atoms with Crippen molar-refractivity contribution in [2.75, 3.05) is 5.32 Å². The van der Waals surface area contributed by atoms with Crippen LogP contribution < -0.4 is 5.32 Å². The average Bonchev–Trinajstić information content (AvgIpc) is 2.76. The highest BCUT2D eigenvalue weighted by molar-refractivity contribution is 5.72. The quantitative estimate of drug-likeness (QED) is 0.869. The van der Waals surface area contributed by atoms with Gasteiger partial charge in [0.25, 0.3) is 0 Å². The number of nitrogens with zero attached hydrogens (tertiary/aromatic N) is 2. The molecule has 0 aliphatic heterocycles. The molecule has 100 valence electrons. The molecule has 0 aromatic carbocycles. The molecule has 1 fully saturated rings. The van der Waals surface area contributed by atoms with Crippen LogP contribution in [0.15, 0.2) is 6.07 Å². The Bertz CT molecular complexity index is 548. The van der Waals surface area contributed by atoms with E-state index in [1.807, 2.05) is 19.9 Å². The summed E-state index contributed by atoms with van der Waals surface area (Å²) in [5.74, 6) is -0.662. The van der Waals surface area contributed by atoms with Gasteiger partial charge in [-0.1, -0.05) is 6.42 Å². The number of carbonyl (C=O) groups is 1. The molecule has 5 nitrogen and oxygen atoms in total. The highest BCUT2D eigenvalue weighted by atomic mass is 16.4. The maximum atomic E-state index is 11.2. The summed E-state index contributed by atoms with van der Waals surface area (Å²) in [6.07, 6.45) is 2.37. The fourth-order valence-electron chi connectivity index (χ4n) is 2.69. The predicted octanol–water partition coefficient (Wildman–Crippen LogP) is 2.24. The van der Waals surface area contributed by atoms with Crippen molar-refractivity contribution < 1.29 is 9.90 Å². The van der Waals surface area contributed by atoms with Gasteiger partial charge in [-0.2, -0.15) is 5.26 Å². The van der Waals surface area contributed by atoms with Gasteiger partial charge in [0.2, 0.25) is 0 Å². The van der Waals surface area contributed by atoms with E-state index in [-0.39, 0.29) is 6.04 Å². The van der Waals surface area contributed by atoms with E-state index in [0.29, 0.717) is 17.8 Å². The highest BCUT2D eigenvalue weighted by Crippen LogP contribution is 2.29. The van der Waals surface area contributed by atoms with E-state index in [9.17, 15) is 15.2 Å². The monoisotopic (exact) mass is 259 g/mol. The van der Waals surface area contributed by atoms with Crippen molar-refractivity contribution >= 4 is 11.8 Å². The van der Waals surface area contributed by atoms with Crippen molar-refractivity contribution in [1.29, 1.82) is 5.26 Å². The standard InChI is InChI=1S/C14H17N3O2/c1-8-6-9(2)16-13(11(8)7-15)17-12-5-3-4-10(12)14(18)19/h6,10,12H,3-5H2,1-2H3,(H,16,17)(H,18,19). The summed E-state index contributed by atoms with van der Waals surface area (Å²) in [7, 11) is 0. The van der Waals surface area contributed by atoms with Crippen molar-refractivity contribution in [1.82, 2.24) is 4.98 Å². The highest BCUT2D eigenvalue weighted by Gasteiger charge is 2.33. The molecular weight excluding hydrogens is 242 g/mol. The van der Waals surface area contributed by atoms with E-state index in [1.54, 1.807) is 0 Å². The van der Waals surface area contributed by atoms with Crippen LogP contribution in [0.25, 0.3) is 0 Å². The topological polar surface area (TPSA) is 86.0 Å². The molecule has 1 heterocycles. The summed E-state index contributed by atoms with van der Waals surface area (Å²) >= 11 is 0. The molecule has 1 aromatic rings. The number of rotatable bonds is 3. The van der Waals surface area contributed by atoms with E-state index >= 15 is 0 Å². The lowest BCUT2D eigenvalue weighted by molar-refractivity contribution is -0.141. The van der Waals surface area contributed by atoms with Gasteiger partial charge >= 0.3 is 5.97 Å². The Labute approximate surface area is 112 Å². The van der Waals surface area contributed by atoms with Gasteiger partial charge in [0.05, 0.1) is 11.5 Å². The second kappa shape index (κ2) is 5.27. The third-order valence-corrected chi connectivity index (χ3v) is 3.61. The first-order valence-corrected chi connectivity index (χ1v) is 6.40. The van der Waals surface area contributed by atoms with E-state index in [1.165, 1.54) is 0 Å². The van der Waals surface area contributed by atoms with Gasteiger partial charge in [-0.25, -0.2) is 4.98 Å². The first kappa shape index (κ1) is 13.3. The molecule has 2 unspecified atom stereocenters. The molecule has 1 saturated carbocycles. The molecule has 0 radical (unpaired) electrons.